The largest absolute Gasteiger partial charge is 0.493 e. The lowest BCUT2D eigenvalue weighted by Crippen LogP contribution is -2.09. The summed E-state index contributed by atoms with van der Waals surface area (Å²) in [6, 6.07) is 5.07. The van der Waals surface area contributed by atoms with E-state index in [1.165, 1.54) is 0 Å². The van der Waals surface area contributed by atoms with Gasteiger partial charge in [-0.25, -0.2) is 4.79 Å². The van der Waals surface area contributed by atoms with E-state index in [1.807, 2.05) is 13.8 Å². The number of ether oxygens (including phenoxy) is 3. The molecule has 1 aromatic rings. The first kappa shape index (κ1) is 15.3. The van der Waals surface area contributed by atoms with Gasteiger partial charge in [-0.2, -0.15) is 0 Å². The third kappa shape index (κ3) is 4.81. The molecule has 0 atom stereocenters. The number of carbonyl (C=O) groups is 1. The number of rotatable bonds is 7. The molecule has 19 heavy (non-hydrogen) atoms. The van der Waals surface area contributed by atoms with E-state index in [1.54, 1.807) is 25.3 Å². The molecule has 0 amide bonds. The minimum atomic E-state index is -0.331. The highest BCUT2D eigenvalue weighted by Crippen LogP contribution is 2.29. The zero-order valence-corrected chi connectivity index (χ0v) is 12.1. The number of methoxy groups -OCH3 is 1. The minimum absolute atomic E-state index is 0.0521. The first-order chi connectivity index (χ1) is 9.08. The Hall–Kier alpha value is -1.71. The average molecular weight is 266 g/mol. The summed E-state index contributed by atoms with van der Waals surface area (Å²) in [7, 11) is 1.55. The molecule has 4 heteroatoms. The Morgan fingerprint density at radius 3 is 2.58 bits per heavy atom. The van der Waals surface area contributed by atoms with E-state index in [0.717, 1.165) is 12.8 Å². The molecule has 0 aliphatic carbocycles. The quantitative estimate of drug-likeness (QED) is 0.560. The van der Waals surface area contributed by atoms with E-state index >= 15 is 0 Å². The maximum absolute atomic E-state index is 11.8. The molecular weight excluding hydrogens is 244 g/mol. The van der Waals surface area contributed by atoms with Gasteiger partial charge in [-0.15, -0.1) is 0 Å². The second kappa shape index (κ2) is 7.67. The molecule has 106 valence electrons. The van der Waals surface area contributed by atoms with Crippen molar-refractivity contribution in [1.29, 1.82) is 0 Å². The summed E-state index contributed by atoms with van der Waals surface area (Å²) in [5.41, 5.74) is 0.476. The molecule has 0 saturated heterocycles. The Morgan fingerprint density at radius 2 is 2.00 bits per heavy atom. The third-order valence-corrected chi connectivity index (χ3v) is 2.49. The Kier molecular flexibility index (Phi) is 6.19. The van der Waals surface area contributed by atoms with Crippen LogP contribution in [0.1, 0.15) is 44.0 Å². The van der Waals surface area contributed by atoms with Crippen LogP contribution in [0, 0.1) is 0 Å². The van der Waals surface area contributed by atoms with E-state index < -0.39 is 0 Å². The van der Waals surface area contributed by atoms with Crippen LogP contribution in [-0.2, 0) is 4.74 Å². The molecule has 0 saturated carbocycles. The Morgan fingerprint density at radius 1 is 1.26 bits per heavy atom. The summed E-state index contributed by atoms with van der Waals surface area (Å²) in [4.78, 5) is 11.8. The fourth-order valence-electron chi connectivity index (χ4n) is 1.54. The van der Waals surface area contributed by atoms with Gasteiger partial charge in [0.15, 0.2) is 11.5 Å². The van der Waals surface area contributed by atoms with E-state index in [2.05, 4.69) is 6.92 Å². The molecule has 1 rings (SSSR count). The number of esters is 1. The second-order valence-corrected chi connectivity index (χ2v) is 4.52. The van der Waals surface area contributed by atoms with Gasteiger partial charge >= 0.3 is 5.97 Å². The second-order valence-electron chi connectivity index (χ2n) is 4.52. The highest BCUT2D eigenvalue weighted by Gasteiger charge is 2.12. The van der Waals surface area contributed by atoms with Crippen LogP contribution in [0.5, 0.6) is 11.5 Å². The van der Waals surface area contributed by atoms with Gasteiger partial charge < -0.3 is 14.2 Å². The van der Waals surface area contributed by atoms with Crippen LogP contribution in [0.15, 0.2) is 18.2 Å². The highest BCUT2D eigenvalue weighted by atomic mass is 16.5. The Labute approximate surface area is 114 Å². The van der Waals surface area contributed by atoms with Crippen molar-refractivity contribution in [2.75, 3.05) is 13.7 Å². The van der Waals surface area contributed by atoms with E-state index in [4.69, 9.17) is 14.2 Å². The normalized spacial score (nSPS) is 10.4. The van der Waals surface area contributed by atoms with Crippen molar-refractivity contribution in [3.8, 4) is 11.5 Å². The fraction of sp³-hybridized carbons (Fsp3) is 0.533. The number of hydrogen-bond donors (Lipinski definition) is 0. The lowest BCUT2D eigenvalue weighted by atomic mass is 10.2. The molecule has 0 radical (unpaired) electrons. The van der Waals surface area contributed by atoms with Gasteiger partial charge in [0.05, 0.1) is 25.4 Å². The molecule has 0 aliphatic rings. The van der Waals surface area contributed by atoms with Crippen molar-refractivity contribution in [3.63, 3.8) is 0 Å². The van der Waals surface area contributed by atoms with Crippen LogP contribution in [0.4, 0.5) is 0 Å². The SMILES string of the molecule is CCCCOC(=O)c1ccc(OC(C)C)c(OC)c1. The predicted molar refractivity (Wildman–Crippen MR) is 73.9 cm³/mol. The number of benzene rings is 1. The first-order valence-electron chi connectivity index (χ1n) is 6.60. The van der Waals surface area contributed by atoms with Crippen LogP contribution in [0.2, 0.25) is 0 Å². The molecular formula is C15H22O4. The Balaban J connectivity index is 2.78. The van der Waals surface area contributed by atoms with Gasteiger partial charge in [0, 0.05) is 0 Å². The van der Waals surface area contributed by atoms with Crippen LogP contribution >= 0.6 is 0 Å². The zero-order chi connectivity index (χ0) is 14.3. The molecule has 0 bridgehead atoms. The summed E-state index contributed by atoms with van der Waals surface area (Å²) in [6.45, 7) is 6.37. The molecule has 4 nitrogen and oxygen atoms in total. The summed E-state index contributed by atoms with van der Waals surface area (Å²) in [5.74, 6) is 0.837. The van der Waals surface area contributed by atoms with Crippen LogP contribution in [-0.4, -0.2) is 25.8 Å². The van der Waals surface area contributed by atoms with Gasteiger partial charge in [-0.3, -0.25) is 0 Å². The van der Waals surface area contributed by atoms with E-state index in [-0.39, 0.29) is 12.1 Å². The molecule has 0 aromatic heterocycles. The molecule has 0 aliphatic heterocycles. The highest BCUT2D eigenvalue weighted by molar-refractivity contribution is 5.90. The smallest absolute Gasteiger partial charge is 0.338 e. The third-order valence-electron chi connectivity index (χ3n) is 2.49. The van der Waals surface area contributed by atoms with Gasteiger partial charge in [0.1, 0.15) is 0 Å². The van der Waals surface area contributed by atoms with Crippen molar-refractivity contribution in [2.24, 2.45) is 0 Å². The number of unbranched alkanes of at least 4 members (excludes halogenated alkanes) is 1. The van der Waals surface area contributed by atoms with Gasteiger partial charge in [-0.05, 0) is 38.5 Å². The maximum Gasteiger partial charge on any atom is 0.338 e. The van der Waals surface area contributed by atoms with Crippen molar-refractivity contribution in [1.82, 2.24) is 0 Å². The molecule has 0 spiro atoms. The topological polar surface area (TPSA) is 44.8 Å². The standard InChI is InChI=1S/C15H22O4/c1-5-6-9-18-15(16)12-7-8-13(19-11(2)3)14(10-12)17-4/h7-8,10-11H,5-6,9H2,1-4H3. The van der Waals surface area contributed by atoms with Gasteiger partial charge in [0.2, 0.25) is 0 Å². The maximum atomic E-state index is 11.8. The molecule has 0 fully saturated rings. The Bertz CT molecular complexity index is 413. The molecule has 0 N–H and O–H groups in total. The zero-order valence-electron chi connectivity index (χ0n) is 12.1. The van der Waals surface area contributed by atoms with Crippen molar-refractivity contribution >= 4 is 5.97 Å². The molecule has 0 heterocycles. The summed E-state index contributed by atoms with van der Waals surface area (Å²) >= 11 is 0. The van der Waals surface area contributed by atoms with Crippen molar-refractivity contribution < 1.29 is 19.0 Å². The summed E-state index contributed by atoms with van der Waals surface area (Å²) in [6.07, 6.45) is 1.92. The summed E-state index contributed by atoms with van der Waals surface area (Å²) < 4.78 is 16.0. The number of carbonyl (C=O) groups excluding carboxylic acids is 1. The molecule has 1 aromatic carbocycles. The van der Waals surface area contributed by atoms with Crippen molar-refractivity contribution in [3.05, 3.63) is 23.8 Å². The first-order valence-corrected chi connectivity index (χ1v) is 6.60. The lowest BCUT2D eigenvalue weighted by molar-refractivity contribution is 0.0499. The average Bonchev–Trinajstić information content (AvgIpc) is 2.38. The fourth-order valence-corrected chi connectivity index (χ4v) is 1.54. The molecule has 0 unspecified atom stereocenters. The summed E-state index contributed by atoms with van der Waals surface area (Å²) in [5, 5.41) is 0. The van der Waals surface area contributed by atoms with Crippen molar-refractivity contribution in [2.45, 2.75) is 39.7 Å². The van der Waals surface area contributed by atoms with Crippen LogP contribution in [0.25, 0.3) is 0 Å². The van der Waals surface area contributed by atoms with Gasteiger partial charge in [-0.1, -0.05) is 13.3 Å². The van der Waals surface area contributed by atoms with E-state index in [9.17, 15) is 4.79 Å². The van der Waals surface area contributed by atoms with E-state index in [0.29, 0.717) is 23.7 Å². The van der Waals surface area contributed by atoms with Gasteiger partial charge in [0.25, 0.3) is 0 Å². The minimum Gasteiger partial charge on any atom is -0.493 e. The lowest BCUT2D eigenvalue weighted by Gasteiger charge is -2.14. The monoisotopic (exact) mass is 266 g/mol. The predicted octanol–water partition coefficient (Wildman–Crippen LogP) is 3.44. The van der Waals surface area contributed by atoms with Crippen LogP contribution < -0.4 is 9.47 Å². The van der Waals surface area contributed by atoms with Crippen LogP contribution in [0.3, 0.4) is 0 Å². The number of hydrogen-bond acceptors (Lipinski definition) is 4.